The molecule has 0 aliphatic heterocycles. The number of benzene rings is 7. The lowest BCUT2D eigenvalue weighted by Crippen LogP contribution is -2.11. The van der Waals surface area contributed by atoms with E-state index in [0.717, 1.165) is 44.4 Å². The predicted octanol–water partition coefficient (Wildman–Crippen LogP) is 13.6. The lowest BCUT2D eigenvalue weighted by atomic mass is 9.80. The minimum atomic E-state index is 0.613. The maximum Gasteiger partial charge on any atom is 0.136 e. The first-order chi connectivity index (χ1) is 23.8. The van der Waals surface area contributed by atoms with Crippen molar-refractivity contribution >= 4 is 49.8 Å². The van der Waals surface area contributed by atoms with E-state index in [-0.39, 0.29) is 0 Å². The molecule has 0 N–H and O–H groups in total. The standard InChI is InChI=1S/C46H37NO/c1-3-14-32(15-4-1)38-24-12-16-33-17-13-25-42(46(33)38)39-22-7-9-26-43(39)47(36-19-5-2-6-20-36)37-21-11-18-34(30-37)35-28-29-41-40-23-8-10-27-44(40)48-45(41)31-35/h2,5-13,16-32H,1,3-4,14-15H2. The quantitative estimate of drug-likeness (QED) is 0.184. The Balaban J connectivity index is 1.21. The molecule has 0 unspecified atom stereocenters. The van der Waals surface area contributed by atoms with Crippen molar-refractivity contribution < 1.29 is 4.42 Å². The van der Waals surface area contributed by atoms with Crippen LogP contribution < -0.4 is 4.90 Å². The number of fused-ring (bicyclic) bond motifs is 4. The Morgan fingerprint density at radius 2 is 1.17 bits per heavy atom. The molecule has 0 radical (unpaired) electrons. The molecule has 1 aromatic heterocycles. The van der Waals surface area contributed by atoms with Gasteiger partial charge in [0.2, 0.25) is 0 Å². The maximum atomic E-state index is 6.27. The van der Waals surface area contributed by atoms with Crippen molar-refractivity contribution in [2.24, 2.45) is 0 Å². The minimum absolute atomic E-state index is 0.613. The minimum Gasteiger partial charge on any atom is -0.456 e. The Kier molecular flexibility index (Phi) is 7.28. The highest BCUT2D eigenvalue weighted by Gasteiger charge is 2.22. The van der Waals surface area contributed by atoms with Crippen LogP contribution in [0.15, 0.2) is 162 Å². The second-order valence-corrected chi connectivity index (χ2v) is 13.1. The fourth-order valence-electron chi connectivity index (χ4n) is 7.98. The van der Waals surface area contributed by atoms with Crippen LogP contribution >= 0.6 is 0 Å². The molecule has 8 aromatic rings. The van der Waals surface area contributed by atoms with Gasteiger partial charge in [0.1, 0.15) is 11.2 Å². The van der Waals surface area contributed by atoms with Gasteiger partial charge in [0, 0.05) is 27.7 Å². The molecule has 1 heterocycles. The Morgan fingerprint density at radius 1 is 0.479 bits per heavy atom. The molecule has 1 aliphatic rings. The largest absolute Gasteiger partial charge is 0.456 e. The molecular weight excluding hydrogens is 583 g/mol. The van der Waals surface area contributed by atoms with E-state index in [4.69, 9.17) is 4.42 Å². The fourth-order valence-corrected chi connectivity index (χ4v) is 7.98. The zero-order valence-corrected chi connectivity index (χ0v) is 27.0. The highest BCUT2D eigenvalue weighted by molar-refractivity contribution is 6.06. The van der Waals surface area contributed by atoms with Crippen molar-refractivity contribution in [3.8, 4) is 22.3 Å². The Morgan fingerprint density at radius 3 is 2.06 bits per heavy atom. The molecule has 9 rings (SSSR count). The summed E-state index contributed by atoms with van der Waals surface area (Å²) in [4.78, 5) is 2.42. The van der Waals surface area contributed by atoms with Crippen molar-refractivity contribution in [2.75, 3.05) is 4.90 Å². The summed E-state index contributed by atoms with van der Waals surface area (Å²) < 4.78 is 6.27. The van der Waals surface area contributed by atoms with E-state index in [9.17, 15) is 0 Å². The Hall–Kier alpha value is -5.60. The van der Waals surface area contributed by atoms with E-state index in [1.165, 1.54) is 65.3 Å². The molecule has 0 atom stereocenters. The summed E-state index contributed by atoms with van der Waals surface area (Å²) in [6.45, 7) is 0. The van der Waals surface area contributed by atoms with Crippen LogP contribution in [0.3, 0.4) is 0 Å². The van der Waals surface area contributed by atoms with Crippen molar-refractivity contribution in [3.05, 3.63) is 163 Å². The first-order valence-corrected chi connectivity index (χ1v) is 17.3. The number of anilines is 3. The third-order valence-corrected chi connectivity index (χ3v) is 10.2. The summed E-state index contributed by atoms with van der Waals surface area (Å²) in [5.74, 6) is 0.613. The molecule has 0 spiro atoms. The lowest BCUT2D eigenvalue weighted by molar-refractivity contribution is 0.445. The summed E-state index contributed by atoms with van der Waals surface area (Å²) in [6.07, 6.45) is 6.55. The van der Waals surface area contributed by atoms with Gasteiger partial charge < -0.3 is 9.32 Å². The first kappa shape index (κ1) is 28.6. The van der Waals surface area contributed by atoms with Gasteiger partial charge in [-0.1, -0.05) is 128 Å². The summed E-state index contributed by atoms with van der Waals surface area (Å²) in [6, 6.07) is 57.2. The molecule has 1 aliphatic carbocycles. The lowest BCUT2D eigenvalue weighted by Gasteiger charge is -2.29. The van der Waals surface area contributed by atoms with E-state index in [2.05, 4.69) is 150 Å². The van der Waals surface area contributed by atoms with Gasteiger partial charge in [0.25, 0.3) is 0 Å². The molecule has 0 saturated heterocycles. The Labute approximate surface area is 281 Å². The molecule has 0 amide bonds. The zero-order chi connectivity index (χ0) is 31.9. The summed E-state index contributed by atoms with van der Waals surface area (Å²) >= 11 is 0. The van der Waals surface area contributed by atoms with Gasteiger partial charge in [-0.25, -0.2) is 0 Å². The SMILES string of the molecule is c1ccc(N(c2cccc(-c3ccc4c(c3)oc3ccccc34)c2)c2ccccc2-c2cccc3cccc(C4CCCCC4)c23)cc1. The van der Waals surface area contributed by atoms with Crippen LogP contribution in [0.4, 0.5) is 17.1 Å². The number of rotatable bonds is 6. The van der Waals surface area contributed by atoms with Crippen molar-refractivity contribution in [1.82, 2.24) is 0 Å². The molecule has 1 fully saturated rings. The zero-order valence-electron chi connectivity index (χ0n) is 27.0. The van der Waals surface area contributed by atoms with E-state index in [1.54, 1.807) is 0 Å². The number of hydrogen-bond donors (Lipinski definition) is 0. The normalized spacial score (nSPS) is 13.8. The summed E-state index contributed by atoms with van der Waals surface area (Å²) in [5, 5.41) is 5.02. The van der Waals surface area contributed by atoms with Crippen LogP contribution in [0.1, 0.15) is 43.6 Å². The molecule has 48 heavy (non-hydrogen) atoms. The van der Waals surface area contributed by atoms with Crippen LogP contribution in [-0.2, 0) is 0 Å². The number of furan rings is 1. The van der Waals surface area contributed by atoms with Gasteiger partial charge in [0.15, 0.2) is 0 Å². The second kappa shape index (κ2) is 12.2. The molecule has 2 nitrogen and oxygen atoms in total. The van der Waals surface area contributed by atoms with Gasteiger partial charge in [-0.05, 0) is 100 Å². The molecule has 232 valence electrons. The van der Waals surface area contributed by atoms with Crippen LogP contribution in [-0.4, -0.2) is 0 Å². The van der Waals surface area contributed by atoms with Crippen LogP contribution in [0, 0.1) is 0 Å². The topological polar surface area (TPSA) is 16.4 Å². The van der Waals surface area contributed by atoms with E-state index >= 15 is 0 Å². The molecular formula is C46H37NO. The van der Waals surface area contributed by atoms with Crippen molar-refractivity contribution in [3.63, 3.8) is 0 Å². The third kappa shape index (κ3) is 5.05. The van der Waals surface area contributed by atoms with E-state index in [0.29, 0.717) is 5.92 Å². The molecule has 1 saturated carbocycles. The monoisotopic (exact) mass is 619 g/mol. The second-order valence-electron chi connectivity index (χ2n) is 13.1. The highest BCUT2D eigenvalue weighted by Crippen LogP contribution is 2.46. The van der Waals surface area contributed by atoms with Gasteiger partial charge in [-0.15, -0.1) is 0 Å². The Bertz CT molecular complexity index is 2390. The smallest absolute Gasteiger partial charge is 0.136 e. The first-order valence-electron chi connectivity index (χ1n) is 17.3. The maximum absolute atomic E-state index is 6.27. The van der Waals surface area contributed by atoms with Gasteiger partial charge >= 0.3 is 0 Å². The van der Waals surface area contributed by atoms with Crippen LogP contribution in [0.5, 0.6) is 0 Å². The molecule has 0 bridgehead atoms. The molecule has 2 heteroatoms. The number of para-hydroxylation sites is 3. The average molecular weight is 620 g/mol. The van der Waals surface area contributed by atoms with Crippen LogP contribution in [0.2, 0.25) is 0 Å². The number of nitrogens with zero attached hydrogens (tertiary/aromatic N) is 1. The van der Waals surface area contributed by atoms with Crippen molar-refractivity contribution in [1.29, 1.82) is 0 Å². The third-order valence-electron chi connectivity index (χ3n) is 10.2. The average Bonchev–Trinajstić information content (AvgIpc) is 3.54. The highest BCUT2D eigenvalue weighted by atomic mass is 16.3. The van der Waals surface area contributed by atoms with Crippen molar-refractivity contribution in [2.45, 2.75) is 38.0 Å². The summed E-state index contributed by atoms with van der Waals surface area (Å²) in [7, 11) is 0. The fraction of sp³-hybridized carbons (Fsp3) is 0.130. The van der Waals surface area contributed by atoms with E-state index < -0.39 is 0 Å². The van der Waals surface area contributed by atoms with Gasteiger partial charge in [0.05, 0.1) is 5.69 Å². The van der Waals surface area contributed by atoms with Gasteiger partial charge in [-0.3, -0.25) is 0 Å². The van der Waals surface area contributed by atoms with Gasteiger partial charge in [-0.2, -0.15) is 0 Å². The molecule has 7 aromatic carbocycles. The van der Waals surface area contributed by atoms with Crippen LogP contribution in [0.25, 0.3) is 55.0 Å². The number of hydrogen-bond acceptors (Lipinski definition) is 2. The summed E-state index contributed by atoms with van der Waals surface area (Å²) in [5.41, 5.74) is 11.6. The van der Waals surface area contributed by atoms with E-state index in [1.807, 2.05) is 12.1 Å². The predicted molar refractivity (Wildman–Crippen MR) is 203 cm³/mol.